The number of carbonyl (C=O) groups excluding carboxylic acids is 1. The first kappa shape index (κ1) is 8.17. The van der Waals surface area contributed by atoms with Crippen LogP contribution in [0, 0.1) is 0 Å². The summed E-state index contributed by atoms with van der Waals surface area (Å²) in [5.74, 6) is 0.277. The number of amides is 1. The van der Waals surface area contributed by atoms with E-state index in [0.29, 0.717) is 10.6 Å². The van der Waals surface area contributed by atoms with Crippen LogP contribution in [-0.2, 0) is 4.79 Å². The summed E-state index contributed by atoms with van der Waals surface area (Å²) in [6, 6.07) is 0. The number of nitrogens with zero attached hydrogens (tertiary/aromatic N) is 1. The van der Waals surface area contributed by atoms with Crippen molar-refractivity contribution in [3.8, 4) is 0 Å². The lowest BCUT2D eigenvalue weighted by Gasteiger charge is -2.41. The summed E-state index contributed by atoms with van der Waals surface area (Å²) in [7, 11) is 0. The molecule has 1 fully saturated rings. The fourth-order valence-electron chi connectivity index (χ4n) is 1.58. The molecule has 66 valence electrons. The van der Waals surface area contributed by atoms with Gasteiger partial charge >= 0.3 is 0 Å². The Morgan fingerprint density at radius 1 is 1.75 bits per heavy atom. The summed E-state index contributed by atoms with van der Waals surface area (Å²) in [5.41, 5.74) is 0. The Kier molecular flexibility index (Phi) is 2.13. The molecule has 0 aromatic rings. The minimum Gasteiger partial charge on any atom is -0.306 e. The molecular formula is C9H13NOS. The molecule has 2 rings (SSSR count). The summed E-state index contributed by atoms with van der Waals surface area (Å²) in [6.45, 7) is 2.20. The second-order valence-electron chi connectivity index (χ2n) is 3.26. The molecule has 0 saturated carbocycles. The first-order valence-corrected chi connectivity index (χ1v) is 5.40. The Labute approximate surface area is 77.0 Å². The number of hydrogen-bond donors (Lipinski definition) is 0. The van der Waals surface area contributed by atoms with Gasteiger partial charge in [0.25, 0.3) is 0 Å². The SMILES string of the molecule is CCCC1C=CN2C(=O)C[C@H]2S1. The Hall–Kier alpha value is -0.440. The van der Waals surface area contributed by atoms with E-state index < -0.39 is 0 Å². The highest BCUT2D eigenvalue weighted by atomic mass is 32.2. The van der Waals surface area contributed by atoms with Crippen molar-refractivity contribution in [2.24, 2.45) is 0 Å². The number of hydrogen-bond acceptors (Lipinski definition) is 2. The Morgan fingerprint density at radius 2 is 2.58 bits per heavy atom. The normalized spacial score (nSPS) is 33.1. The van der Waals surface area contributed by atoms with Gasteiger partial charge in [-0.3, -0.25) is 4.79 Å². The summed E-state index contributed by atoms with van der Waals surface area (Å²) in [5, 5.41) is 1.10. The average molecular weight is 183 g/mol. The fourth-order valence-corrected chi connectivity index (χ4v) is 3.07. The van der Waals surface area contributed by atoms with Gasteiger partial charge in [-0.25, -0.2) is 0 Å². The minimum atomic E-state index is 0.277. The molecule has 1 amide bonds. The quantitative estimate of drug-likeness (QED) is 0.610. The van der Waals surface area contributed by atoms with Crippen LogP contribution in [-0.4, -0.2) is 21.4 Å². The van der Waals surface area contributed by atoms with Crippen molar-refractivity contribution >= 4 is 17.7 Å². The molecule has 0 aromatic carbocycles. The van der Waals surface area contributed by atoms with Gasteiger partial charge in [0, 0.05) is 11.4 Å². The minimum absolute atomic E-state index is 0.277. The highest BCUT2D eigenvalue weighted by Gasteiger charge is 2.38. The second-order valence-corrected chi connectivity index (χ2v) is 4.69. The van der Waals surface area contributed by atoms with Gasteiger partial charge in [-0.2, -0.15) is 0 Å². The van der Waals surface area contributed by atoms with Gasteiger partial charge < -0.3 is 4.90 Å². The van der Waals surface area contributed by atoms with Crippen molar-refractivity contribution in [2.45, 2.75) is 36.8 Å². The zero-order valence-electron chi connectivity index (χ0n) is 7.19. The number of thioether (sulfide) groups is 1. The van der Waals surface area contributed by atoms with Crippen LogP contribution in [0.25, 0.3) is 0 Å². The Bertz CT molecular complexity index is 227. The van der Waals surface area contributed by atoms with E-state index in [2.05, 4.69) is 13.0 Å². The van der Waals surface area contributed by atoms with Gasteiger partial charge in [0.05, 0.1) is 11.8 Å². The first-order chi connectivity index (χ1) is 5.81. The second kappa shape index (κ2) is 3.13. The van der Waals surface area contributed by atoms with Crippen LogP contribution >= 0.6 is 11.8 Å². The van der Waals surface area contributed by atoms with Crippen LogP contribution in [0.3, 0.4) is 0 Å². The maximum Gasteiger partial charge on any atom is 0.230 e. The third kappa shape index (κ3) is 1.26. The molecule has 2 heterocycles. The van der Waals surface area contributed by atoms with Crippen molar-refractivity contribution < 1.29 is 4.79 Å². The average Bonchev–Trinajstić information content (AvgIpc) is 2.03. The lowest BCUT2D eigenvalue weighted by Crippen LogP contribution is -2.49. The lowest BCUT2D eigenvalue weighted by atomic mass is 10.2. The predicted molar refractivity (Wildman–Crippen MR) is 50.7 cm³/mol. The van der Waals surface area contributed by atoms with Gasteiger partial charge in [-0.15, -0.1) is 11.8 Å². The van der Waals surface area contributed by atoms with E-state index in [4.69, 9.17) is 0 Å². The molecular weight excluding hydrogens is 170 g/mol. The largest absolute Gasteiger partial charge is 0.306 e. The number of carbonyl (C=O) groups is 1. The van der Waals surface area contributed by atoms with E-state index in [0.717, 1.165) is 6.42 Å². The Morgan fingerprint density at radius 3 is 3.17 bits per heavy atom. The standard InChI is InChI=1S/C9H13NOS/c1-2-3-7-4-5-10-8(11)6-9(10)12-7/h4-5,7,9H,2-3,6H2,1H3/t7?,9-/m1/s1. The van der Waals surface area contributed by atoms with E-state index in [1.165, 1.54) is 12.8 Å². The highest BCUT2D eigenvalue weighted by Crippen LogP contribution is 2.38. The van der Waals surface area contributed by atoms with Crippen molar-refractivity contribution in [1.29, 1.82) is 0 Å². The fraction of sp³-hybridized carbons (Fsp3) is 0.667. The van der Waals surface area contributed by atoms with Crippen LogP contribution in [0.4, 0.5) is 0 Å². The van der Waals surface area contributed by atoms with Crippen molar-refractivity contribution in [2.75, 3.05) is 0 Å². The van der Waals surface area contributed by atoms with E-state index in [1.807, 2.05) is 22.9 Å². The van der Waals surface area contributed by atoms with Crippen LogP contribution in [0.1, 0.15) is 26.2 Å². The number of fused-ring (bicyclic) bond motifs is 1. The third-order valence-electron chi connectivity index (χ3n) is 2.31. The van der Waals surface area contributed by atoms with Crippen molar-refractivity contribution in [3.05, 3.63) is 12.3 Å². The lowest BCUT2D eigenvalue weighted by molar-refractivity contribution is -0.137. The smallest absolute Gasteiger partial charge is 0.230 e. The first-order valence-electron chi connectivity index (χ1n) is 4.46. The molecule has 0 radical (unpaired) electrons. The molecule has 0 aliphatic carbocycles. The molecule has 12 heavy (non-hydrogen) atoms. The van der Waals surface area contributed by atoms with Crippen LogP contribution in [0.2, 0.25) is 0 Å². The molecule has 0 spiro atoms. The maximum atomic E-state index is 11.0. The Balaban J connectivity index is 1.96. The zero-order valence-corrected chi connectivity index (χ0v) is 8.01. The number of rotatable bonds is 2. The summed E-state index contributed by atoms with van der Waals surface area (Å²) in [6.07, 6.45) is 7.33. The topological polar surface area (TPSA) is 20.3 Å². The molecule has 0 N–H and O–H groups in total. The van der Waals surface area contributed by atoms with Crippen molar-refractivity contribution in [3.63, 3.8) is 0 Å². The maximum absolute atomic E-state index is 11.0. The molecule has 2 nitrogen and oxygen atoms in total. The highest BCUT2D eigenvalue weighted by molar-refractivity contribution is 8.00. The number of β-lactam (4-membered cyclic amide) rings is 1. The van der Waals surface area contributed by atoms with E-state index in [1.54, 1.807) is 0 Å². The predicted octanol–water partition coefficient (Wildman–Crippen LogP) is 1.97. The zero-order chi connectivity index (χ0) is 8.55. The van der Waals surface area contributed by atoms with Gasteiger partial charge in [0.2, 0.25) is 5.91 Å². The summed E-state index contributed by atoms with van der Waals surface area (Å²) >= 11 is 1.93. The summed E-state index contributed by atoms with van der Waals surface area (Å²) < 4.78 is 0. The molecule has 1 unspecified atom stereocenters. The van der Waals surface area contributed by atoms with E-state index in [9.17, 15) is 4.79 Å². The third-order valence-corrected chi connectivity index (χ3v) is 3.76. The molecule has 1 saturated heterocycles. The molecule has 2 aliphatic heterocycles. The van der Waals surface area contributed by atoms with E-state index >= 15 is 0 Å². The molecule has 2 aliphatic rings. The molecule has 2 atom stereocenters. The molecule has 0 bridgehead atoms. The van der Waals surface area contributed by atoms with E-state index in [-0.39, 0.29) is 5.91 Å². The van der Waals surface area contributed by atoms with Crippen molar-refractivity contribution in [1.82, 2.24) is 4.90 Å². The van der Waals surface area contributed by atoms with Gasteiger partial charge in [-0.05, 0) is 6.42 Å². The molecule has 3 heteroatoms. The van der Waals surface area contributed by atoms with Crippen LogP contribution in [0.15, 0.2) is 12.3 Å². The monoisotopic (exact) mass is 183 g/mol. The van der Waals surface area contributed by atoms with Crippen LogP contribution < -0.4 is 0 Å². The van der Waals surface area contributed by atoms with Crippen LogP contribution in [0.5, 0.6) is 0 Å². The summed E-state index contributed by atoms with van der Waals surface area (Å²) in [4.78, 5) is 12.8. The molecule has 0 aromatic heterocycles. The van der Waals surface area contributed by atoms with Gasteiger partial charge in [0.15, 0.2) is 0 Å². The van der Waals surface area contributed by atoms with Gasteiger partial charge in [0.1, 0.15) is 0 Å². The van der Waals surface area contributed by atoms with Gasteiger partial charge in [-0.1, -0.05) is 19.4 Å².